The Labute approximate surface area is 107 Å². The Hall–Kier alpha value is -1.55. The molecule has 0 saturated carbocycles. The molecule has 3 fully saturated rings. The Morgan fingerprint density at radius 1 is 1.44 bits per heavy atom. The van der Waals surface area contributed by atoms with E-state index in [0.29, 0.717) is 12.0 Å². The molecule has 18 heavy (non-hydrogen) atoms. The van der Waals surface area contributed by atoms with Gasteiger partial charge in [0.15, 0.2) is 0 Å². The molecule has 1 N–H and O–H groups in total. The van der Waals surface area contributed by atoms with Gasteiger partial charge in [0, 0.05) is 24.2 Å². The van der Waals surface area contributed by atoms with Gasteiger partial charge in [0.25, 0.3) is 0 Å². The van der Waals surface area contributed by atoms with Crippen LogP contribution in [0.25, 0.3) is 6.08 Å². The zero-order valence-corrected chi connectivity index (χ0v) is 10.3. The van der Waals surface area contributed by atoms with Gasteiger partial charge < -0.3 is 14.6 Å². The third kappa shape index (κ3) is 2.48. The van der Waals surface area contributed by atoms with Crippen molar-refractivity contribution in [2.24, 2.45) is 5.92 Å². The first-order chi connectivity index (χ1) is 8.81. The molecule has 4 rings (SSSR count). The van der Waals surface area contributed by atoms with Crippen molar-refractivity contribution in [3.8, 4) is 0 Å². The number of carbonyl (C=O) groups is 1. The monoisotopic (exact) mass is 246 g/mol. The number of nitrogens with one attached hydrogen (secondary N) is 1. The van der Waals surface area contributed by atoms with E-state index in [0.717, 1.165) is 12.1 Å². The van der Waals surface area contributed by atoms with E-state index < -0.39 is 0 Å². The number of rotatable bonds is 3. The van der Waals surface area contributed by atoms with Crippen molar-refractivity contribution in [3.63, 3.8) is 0 Å². The maximum absolute atomic E-state index is 11.8. The minimum atomic E-state index is -0.00468. The van der Waals surface area contributed by atoms with Crippen LogP contribution >= 0.6 is 0 Å². The molecule has 4 heterocycles. The van der Waals surface area contributed by atoms with Crippen LogP contribution in [0.3, 0.4) is 0 Å². The van der Waals surface area contributed by atoms with Gasteiger partial charge in [0.05, 0.1) is 12.5 Å². The van der Waals surface area contributed by atoms with Crippen LogP contribution in [-0.4, -0.2) is 36.5 Å². The van der Waals surface area contributed by atoms with Crippen LogP contribution in [0.5, 0.6) is 0 Å². The van der Waals surface area contributed by atoms with Crippen molar-refractivity contribution in [1.82, 2.24) is 10.2 Å². The second kappa shape index (κ2) is 4.98. The fraction of sp³-hybridized carbons (Fsp3) is 0.500. The number of piperidine rings is 3. The highest BCUT2D eigenvalue weighted by atomic mass is 16.3. The van der Waals surface area contributed by atoms with E-state index in [9.17, 15) is 4.79 Å². The Bertz CT molecular complexity index is 431. The predicted octanol–water partition coefficient (Wildman–Crippen LogP) is 1.50. The topological polar surface area (TPSA) is 45.5 Å². The van der Waals surface area contributed by atoms with Crippen LogP contribution in [0.4, 0.5) is 0 Å². The number of hydrogen-bond donors (Lipinski definition) is 1. The summed E-state index contributed by atoms with van der Waals surface area (Å²) in [5.74, 6) is 0.663. The quantitative estimate of drug-likeness (QED) is 0.822. The molecule has 0 spiro atoms. The Balaban J connectivity index is 1.55. The minimum absolute atomic E-state index is 0.00468. The summed E-state index contributed by atoms with van der Waals surface area (Å²) >= 11 is 0. The van der Waals surface area contributed by atoms with Crippen molar-refractivity contribution in [3.05, 3.63) is 30.2 Å². The van der Waals surface area contributed by atoms with Crippen LogP contribution in [-0.2, 0) is 4.79 Å². The summed E-state index contributed by atoms with van der Waals surface area (Å²) in [7, 11) is 0. The summed E-state index contributed by atoms with van der Waals surface area (Å²) in [6, 6.07) is 2.16. The molecule has 0 aromatic carbocycles. The van der Waals surface area contributed by atoms with Crippen molar-refractivity contribution in [1.29, 1.82) is 0 Å². The molecule has 1 atom stereocenters. The SMILES string of the molecule is O=C(C=Cc1ccoc1)N[C@H]1CN2CCC1CC2. The first kappa shape index (κ1) is 11.5. The van der Waals surface area contributed by atoms with E-state index in [1.165, 1.54) is 25.9 Å². The highest BCUT2D eigenvalue weighted by molar-refractivity contribution is 5.91. The van der Waals surface area contributed by atoms with Crippen LogP contribution < -0.4 is 5.32 Å². The van der Waals surface area contributed by atoms with Gasteiger partial charge in [-0.25, -0.2) is 0 Å². The lowest BCUT2D eigenvalue weighted by Gasteiger charge is -2.44. The lowest BCUT2D eigenvalue weighted by atomic mass is 9.84. The number of carbonyl (C=O) groups excluding carboxylic acids is 1. The molecule has 1 amide bonds. The van der Waals surface area contributed by atoms with Gasteiger partial charge in [-0.3, -0.25) is 4.79 Å². The maximum Gasteiger partial charge on any atom is 0.244 e. The number of hydrogen-bond acceptors (Lipinski definition) is 3. The number of fused-ring (bicyclic) bond motifs is 3. The van der Waals surface area contributed by atoms with E-state index in [4.69, 9.17) is 4.42 Å². The van der Waals surface area contributed by atoms with Gasteiger partial charge in [0.2, 0.25) is 5.91 Å². The van der Waals surface area contributed by atoms with E-state index in [1.54, 1.807) is 24.7 Å². The van der Waals surface area contributed by atoms with Gasteiger partial charge in [-0.15, -0.1) is 0 Å². The Morgan fingerprint density at radius 2 is 2.28 bits per heavy atom. The normalized spacial score (nSPS) is 30.8. The molecule has 3 aliphatic heterocycles. The second-order valence-corrected chi connectivity index (χ2v) is 5.14. The highest BCUT2D eigenvalue weighted by Crippen LogP contribution is 2.27. The summed E-state index contributed by atoms with van der Waals surface area (Å²) in [5, 5.41) is 3.11. The molecule has 4 heteroatoms. The fourth-order valence-corrected chi connectivity index (χ4v) is 2.90. The van der Waals surface area contributed by atoms with E-state index >= 15 is 0 Å². The van der Waals surface area contributed by atoms with E-state index in [1.807, 2.05) is 6.07 Å². The smallest absolute Gasteiger partial charge is 0.244 e. The molecule has 0 unspecified atom stereocenters. The van der Waals surface area contributed by atoms with Gasteiger partial charge in [-0.2, -0.15) is 0 Å². The number of amides is 1. The van der Waals surface area contributed by atoms with E-state index in [2.05, 4.69) is 10.2 Å². The lowest BCUT2D eigenvalue weighted by molar-refractivity contribution is -0.118. The Kier molecular flexibility index (Phi) is 3.19. The standard InChI is InChI=1S/C14H18N2O2/c17-14(2-1-11-5-8-18-10-11)15-13-9-16-6-3-12(13)4-7-16/h1-2,5,8,10,12-13H,3-4,6-7,9H2,(H,15,17)/t13-/m0/s1. The molecular weight excluding hydrogens is 228 g/mol. The summed E-state index contributed by atoms with van der Waals surface area (Å²) in [6.45, 7) is 3.40. The zero-order chi connectivity index (χ0) is 12.4. The maximum atomic E-state index is 11.8. The predicted molar refractivity (Wildman–Crippen MR) is 68.8 cm³/mol. The Morgan fingerprint density at radius 3 is 2.89 bits per heavy atom. The molecular formula is C14H18N2O2. The molecule has 3 aliphatic rings. The molecule has 1 aromatic heterocycles. The number of furan rings is 1. The summed E-state index contributed by atoms with van der Waals surface area (Å²) in [5.41, 5.74) is 0.916. The summed E-state index contributed by atoms with van der Waals surface area (Å²) in [6.07, 6.45) is 9.03. The largest absolute Gasteiger partial charge is 0.472 e. The molecule has 0 aliphatic carbocycles. The van der Waals surface area contributed by atoms with Crippen molar-refractivity contribution < 1.29 is 9.21 Å². The third-order valence-electron chi connectivity index (χ3n) is 3.95. The minimum Gasteiger partial charge on any atom is -0.472 e. The average Bonchev–Trinajstić information content (AvgIpc) is 2.91. The first-order valence-corrected chi connectivity index (χ1v) is 6.54. The lowest BCUT2D eigenvalue weighted by Crippen LogP contribution is -2.57. The molecule has 2 bridgehead atoms. The highest BCUT2D eigenvalue weighted by Gasteiger charge is 2.34. The van der Waals surface area contributed by atoms with E-state index in [-0.39, 0.29) is 5.91 Å². The molecule has 96 valence electrons. The van der Waals surface area contributed by atoms with Gasteiger partial charge in [0.1, 0.15) is 0 Å². The van der Waals surface area contributed by atoms with Crippen molar-refractivity contribution in [2.75, 3.05) is 19.6 Å². The zero-order valence-electron chi connectivity index (χ0n) is 10.3. The summed E-state index contributed by atoms with van der Waals surface area (Å²) < 4.78 is 4.95. The van der Waals surface area contributed by atoms with Crippen LogP contribution in [0.15, 0.2) is 29.1 Å². The van der Waals surface area contributed by atoms with Gasteiger partial charge in [-0.1, -0.05) is 0 Å². The molecule has 3 saturated heterocycles. The van der Waals surface area contributed by atoms with Crippen LogP contribution in [0, 0.1) is 5.92 Å². The number of nitrogens with zero attached hydrogens (tertiary/aromatic N) is 1. The third-order valence-corrected chi connectivity index (χ3v) is 3.95. The summed E-state index contributed by atoms with van der Waals surface area (Å²) in [4.78, 5) is 14.3. The van der Waals surface area contributed by atoms with Crippen LogP contribution in [0.1, 0.15) is 18.4 Å². The van der Waals surface area contributed by atoms with Crippen LogP contribution in [0.2, 0.25) is 0 Å². The van der Waals surface area contributed by atoms with Crippen molar-refractivity contribution in [2.45, 2.75) is 18.9 Å². The first-order valence-electron chi connectivity index (χ1n) is 6.54. The van der Waals surface area contributed by atoms with Gasteiger partial charge >= 0.3 is 0 Å². The molecule has 0 radical (unpaired) electrons. The van der Waals surface area contributed by atoms with Gasteiger partial charge in [-0.05, 0) is 44.0 Å². The van der Waals surface area contributed by atoms with Crippen molar-refractivity contribution >= 4 is 12.0 Å². The fourth-order valence-electron chi connectivity index (χ4n) is 2.90. The average molecular weight is 246 g/mol. The molecule has 1 aromatic rings. The molecule has 4 nitrogen and oxygen atoms in total. The second-order valence-electron chi connectivity index (χ2n) is 5.14.